The van der Waals surface area contributed by atoms with E-state index in [1.807, 2.05) is 0 Å². The molecule has 0 radical (unpaired) electrons. The first-order chi connectivity index (χ1) is 16.6. The Morgan fingerprint density at radius 2 is 2.03 bits per heavy atom. The Kier molecular flexibility index (Phi) is 6.21. The van der Waals surface area contributed by atoms with E-state index in [1.165, 1.54) is 18.7 Å². The molecule has 0 spiro atoms. The van der Waals surface area contributed by atoms with Crippen LogP contribution in [-0.4, -0.2) is 47.0 Å². The van der Waals surface area contributed by atoms with Gasteiger partial charge in [0, 0.05) is 13.2 Å². The highest BCUT2D eigenvalue weighted by Gasteiger charge is 2.40. The van der Waals surface area contributed by atoms with Crippen molar-refractivity contribution in [2.45, 2.75) is 43.6 Å². The van der Waals surface area contributed by atoms with Gasteiger partial charge in [0.1, 0.15) is 17.2 Å². The van der Waals surface area contributed by atoms with Crippen molar-refractivity contribution in [3.63, 3.8) is 0 Å². The maximum Gasteiger partial charge on any atom is 0.418 e. The summed E-state index contributed by atoms with van der Waals surface area (Å²) in [6, 6.07) is 1.08. The Labute approximate surface area is 208 Å². The smallest absolute Gasteiger partial charge is 0.384 e. The fraction of sp³-hybridized carbons (Fsp3) is 0.435. The van der Waals surface area contributed by atoms with E-state index in [1.54, 1.807) is 6.26 Å². The minimum Gasteiger partial charge on any atom is -0.384 e. The Morgan fingerprint density at radius 1 is 1.26 bits per heavy atom. The van der Waals surface area contributed by atoms with Gasteiger partial charge in [-0.15, -0.1) is 0 Å². The van der Waals surface area contributed by atoms with Gasteiger partial charge < -0.3 is 15.4 Å². The van der Waals surface area contributed by atoms with Crippen LogP contribution in [0, 0.1) is 12.7 Å². The summed E-state index contributed by atoms with van der Waals surface area (Å²) in [5, 5.41) is 0.607. The van der Waals surface area contributed by atoms with Crippen molar-refractivity contribution in [2.24, 2.45) is 0 Å². The van der Waals surface area contributed by atoms with Crippen LogP contribution in [0.1, 0.15) is 29.5 Å². The molecule has 2 aliphatic heterocycles. The standard InChI is InChI=1S/C23H22ClF4N5OS/c1-10-8-13(29)30-19(16(10)23(26,27)28)15-17(24)12-5-4-11-9-34-7-3-6-33(11)21-14(12)20(18(15)25)31-22(32-21)35-2/h8,11H,3-7,9H2,1-2H3,(H2,29,30). The van der Waals surface area contributed by atoms with E-state index in [2.05, 4.69) is 19.9 Å². The Hall–Kier alpha value is -2.37. The number of benzene rings is 1. The fourth-order valence-electron chi connectivity index (χ4n) is 4.98. The summed E-state index contributed by atoms with van der Waals surface area (Å²) in [5.41, 5.74) is 3.91. The Morgan fingerprint density at radius 3 is 2.74 bits per heavy atom. The zero-order chi connectivity index (χ0) is 25.1. The van der Waals surface area contributed by atoms with Gasteiger partial charge in [0.2, 0.25) is 0 Å². The van der Waals surface area contributed by atoms with Crippen LogP contribution in [0.5, 0.6) is 0 Å². The maximum atomic E-state index is 16.2. The van der Waals surface area contributed by atoms with E-state index in [4.69, 9.17) is 22.1 Å². The molecule has 6 nitrogen and oxygen atoms in total. The van der Waals surface area contributed by atoms with Crippen molar-refractivity contribution in [3.8, 4) is 11.3 Å². The molecule has 0 aliphatic carbocycles. The molecule has 0 amide bonds. The third-order valence-corrected chi connectivity index (χ3v) is 7.43. The van der Waals surface area contributed by atoms with E-state index in [-0.39, 0.29) is 28.0 Å². The molecule has 35 heavy (non-hydrogen) atoms. The topological polar surface area (TPSA) is 77.2 Å². The highest BCUT2D eigenvalue weighted by atomic mass is 35.5. The number of pyridine rings is 1. The summed E-state index contributed by atoms with van der Waals surface area (Å²) in [6.07, 6.45) is -1.27. The number of fused-ring (bicyclic) bond motifs is 2. The zero-order valence-electron chi connectivity index (χ0n) is 19.0. The molecule has 186 valence electrons. The van der Waals surface area contributed by atoms with Gasteiger partial charge in [-0.05, 0) is 49.6 Å². The van der Waals surface area contributed by atoms with Crippen LogP contribution >= 0.6 is 23.4 Å². The molecule has 1 fully saturated rings. The van der Waals surface area contributed by atoms with Gasteiger partial charge in [-0.25, -0.2) is 19.3 Å². The summed E-state index contributed by atoms with van der Waals surface area (Å²) in [5.74, 6) is -0.603. The Bertz CT molecular complexity index is 1340. The molecule has 1 atom stereocenters. The number of rotatable bonds is 2. The lowest BCUT2D eigenvalue weighted by Gasteiger charge is -2.29. The number of hydrogen-bond acceptors (Lipinski definition) is 7. The number of anilines is 2. The van der Waals surface area contributed by atoms with Gasteiger partial charge in [0.25, 0.3) is 0 Å². The molecule has 5 rings (SSSR count). The lowest BCUT2D eigenvalue weighted by atomic mass is 9.94. The molecular formula is C23H22ClF4N5OS. The quantitative estimate of drug-likeness (QED) is 0.262. The summed E-state index contributed by atoms with van der Waals surface area (Å²) < 4.78 is 64.3. The molecule has 3 aromatic rings. The Balaban J connectivity index is 1.89. The van der Waals surface area contributed by atoms with E-state index >= 15 is 4.39 Å². The number of hydrogen-bond donors (Lipinski definition) is 1. The lowest BCUT2D eigenvalue weighted by Crippen LogP contribution is -2.37. The monoisotopic (exact) mass is 527 g/mol. The second-order valence-electron chi connectivity index (χ2n) is 8.64. The average molecular weight is 528 g/mol. The average Bonchev–Trinajstić information content (AvgIpc) is 3.10. The highest BCUT2D eigenvalue weighted by molar-refractivity contribution is 7.98. The molecule has 2 aliphatic rings. The SMILES string of the molecule is CSc1nc2c3c(c(Cl)c(-c4nc(N)cc(C)c4C(F)(F)F)c(F)c3n1)CCC1COCCCN21. The van der Waals surface area contributed by atoms with Gasteiger partial charge in [-0.2, -0.15) is 13.2 Å². The zero-order valence-corrected chi connectivity index (χ0v) is 20.5. The number of nitrogens with two attached hydrogens (primary N) is 1. The van der Waals surface area contributed by atoms with Crippen molar-refractivity contribution >= 4 is 45.9 Å². The van der Waals surface area contributed by atoms with Crippen LogP contribution in [0.4, 0.5) is 29.2 Å². The van der Waals surface area contributed by atoms with Gasteiger partial charge in [-0.3, -0.25) is 0 Å². The number of ether oxygens (including phenoxy) is 1. The van der Waals surface area contributed by atoms with E-state index in [0.29, 0.717) is 54.5 Å². The van der Waals surface area contributed by atoms with Crippen molar-refractivity contribution in [1.29, 1.82) is 0 Å². The highest BCUT2D eigenvalue weighted by Crippen LogP contribution is 2.48. The van der Waals surface area contributed by atoms with Crippen molar-refractivity contribution < 1.29 is 22.3 Å². The van der Waals surface area contributed by atoms with Crippen molar-refractivity contribution in [2.75, 3.05) is 36.6 Å². The first kappa shape index (κ1) is 24.3. The molecule has 1 saturated heterocycles. The second kappa shape index (κ2) is 8.94. The van der Waals surface area contributed by atoms with E-state index in [0.717, 1.165) is 12.5 Å². The third kappa shape index (κ3) is 4.07. The molecule has 2 aromatic heterocycles. The summed E-state index contributed by atoms with van der Waals surface area (Å²) in [7, 11) is 0. The molecule has 12 heteroatoms. The predicted molar refractivity (Wildman–Crippen MR) is 129 cm³/mol. The summed E-state index contributed by atoms with van der Waals surface area (Å²) in [4.78, 5) is 15.1. The molecule has 0 bridgehead atoms. The molecular weight excluding hydrogens is 506 g/mol. The molecule has 0 saturated carbocycles. The van der Waals surface area contributed by atoms with Crippen LogP contribution in [0.3, 0.4) is 0 Å². The third-order valence-electron chi connectivity index (χ3n) is 6.46. The first-order valence-corrected chi connectivity index (χ1v) is 12.7. The molecule has 1 unspecified atom stereocenters. The predicted octanol–water partition coefficient (Wildman–Crippen LogP) is 5.66. The number of nitrogens with zero attached hydrogens (tertiary/aromatic N) is 4. The number of halogens is 5. The number of aryl methyl sites for hydroxylation is 2. The molecule has 4 heterocycles. The van der Waals surface area contributed by atoms with E-state index in [9.17, 15) is 13.2 Å². The largest absolute Gasteiger partial charge is 0.418 e. The van der Waals surface area contributed by atoms with Crippen molar-refractivity contribution in [3.05, 3.63) is 33.6 Å². The second-order valence-corrected chi connectivity index (χ2v) is 9.79. The van der Waals surface area contributed by atoms with Crippen LogP contribution in [0.2, 0.25) is 5.02 Å². The molecule has 2 N–H and O–H groups in total. The number of aromatic nitrogens is 3. The summed E-state index contributed by atoms with van der Waals surface area (Å²) in [6.45, 7) is 2.99. The lowest BCUT2D eigenvalue weighted by molar-refractivity contribution is -0.137. The normalized spacial score (nSPS) is 18.4. The fourth-order valence-corrected chi connectivity index (χ4v) is 5.70. The van der Waals surface area contributed by atoms with Crippen molar-refractivity contribution in [1.82, 2.24) is 15.0 Å². The number of nitrogen functional groups attached to an aromatic ring is 1. The minimum atomic E-state index is -4.80. The van der Waals surface area contributed by atoms with Crippen LogP contribution in [0.15, 0.2) is 11.2 Å². The van der Waals surface area contributed by atoms with Gasteiger partial charge in [0.05, 0.1) is 39.9 Å². The maximum absolute atomic E-state index is 16.2. The molecule has 1 aromatic carbocycles. The first-order valence-electron chi connectivity index (χ1n) is 11.1. The van der Waals surface area contributed by atoms with Crippen LogP contribution in [0.25, 0.3) is 22.2 Å². The van der Waals surface area contributed by atoms with Crippen LogP contribution in [-0.2, 0) is 17.3 Å². The number of alkyl halides is 3. The minimum absolute atomic E-state index is 0.0289. The number of thioether (sulfide) groups is 1. The summed E-state index contributed by atoms with van der Waals surface area (Å²) >= 11 is 7.96. The van der Waals surface area contributed by atoms with E-state index < -0.39 is 28.8 Å². The van der Waals surface area contributed by atoms with Gasteiger partial charge >= 0.3 is 6.18 Å². The van der Waals surface area contributed by atoms with Gasteiger partial charge in [0.15, 0.2) is 11.0 Å². The van der Waals surface area contributed by atoms with Gasteiger partial charge in [-0.1, -0.05) is 23.4 Å². The van der Waals surface area contributed by atoms with Crippen LogP contribution < -0.4 is 10.6 Å².